The summed E-state index contributed by atoms with van der Waals surface area (Å²) in [6.07, 6.45) is 4.26. The Bertz CT molecular complexity index is 191. The molecule has 54 valence electrons. The first-order valence-corrected chi connectivity index (χ1v) is 3.34. The van der Waals surface area contributed by atoms with E-state index < -0.39 is 0 Å². The van der Waals surface area contributed by atoms with Crippen LogP contribution in [0.15, 0.2) is 15.0 Å². The molecule has 1 aliphatic heterocycles. The molecular formula is C7H11N3. The first-order valence-electron chi connectivity index (χ1n) is 3.34. The minimum atomic E-state index is 0.321. The van der Waals surface area contributed by atoms with Gasteiger partial charge in [0, 0.05) is 25.9 Å². The molecule has 1 heterocycles. The number of nitrogens with zero attached hydrogens (tertiary/aromatic N) is 3. The highest BCUT2D eigenvalue weighted by atomic mass is 14.9. The third kappa shape index (κ3) is 1.76. The largest absolute Gasteiger partial charge is 0.288 e. The molecule has 1 atom stereocenters. The summed E-state index contributed by atoms with van der Waals surface area (Å²) in [5.41, 5.74) is 0. The first kappa shape index (κ1) is 7.12. The van der Waals surface area contributed by atoms with Gasteiger partial charge in [-0.15, -0.1) is 0 Å². The van der Waals surface area contributed by atoms with Gasteiger partial charge in [0.2, 0.25) is 0 Å². The van der Waals surface area contributed by atoms with Gasteiger partial charge in [-0.05, 0) is 6.92 Å². The van der Waals surface area contributed by atoms with Crippen LogP contribution < -0.4 is 0 Å². The van der Waals surface area contributed by atoms with Gasteiger partial charge in [0.1, 0.15) is 5.84 Å². The standard InChI is InChI=1S/C7H11N3/c1-6-5-7(8-2)10-4-3-9-6/h3-4,6H,5H2,1-2H3/b8-7+. The predicted octanol–water partition coefficient (Wildman–Crippen LogP) is 0.949. The molecule has 0 aliphatic carbocycles. The van der Waals surface area contributed by atoms with Gasteiger partial charge >= 0.3 is 0 Å². The molecule has 3 heteroatoms. The van der Waals surface area contributed by atoms with Crippen LogP contribution in [0, 0.1) is 0 Å². The van der Waals surface area contributed by atoms with Crippen LogP contribution in [0.5, 0.6) is 0 Å². The molecule has 0 fully saturated rings. The first-order chi connectivity index (χ1) is 4.83. The topological polar surface area (TPSA) is 37.1 Å². The van der Waals surface area contributed by atoms with E-state index in [1.165, 1.54) is 0 Å². The highest BCUT2D eigenvalue weighted by Crippen LogP contribution is 2.01. The van der Waals surface area contributed by atoms with Gasteiger partial charge < -0.3 is 0 Å². The summed E-state index contributed by atoms with van der Waals surface area (Å²) >= 11 is 0. The van der Waals surface area contributed by atoms with E-state index in [1.54, 1.807) is 19.5 Å². The highest BCUT2D eigenvalue weighted by Gasteiger charge is 2.04. The molecule has 10 heavy (non-hydrogen) atoms. The fraction of sp³-hybridized carbons (Fsp3) is 0.571. The van der Waals surface area contributed by atoms with Gasteiger partial charge in [-0.3, -0.25) is 9.98 Å². The summed E-state index contributed by atoms with van der Waals surface area (Å²) in [6.45, 7) is 2.05. The SMILES string of the molecule is C/N=C1\CC(C)N=CC=N1. The highest BCUT2D eigenvalue weighted by molar-refractivity contribution is 6.19. The third-order valence-corrected chi connectivity index (χ3v) is 1.37. The Labute approximate surface area is 60.6 Å². The summed E-state index contributed by atoms with van der Waals surface area (Å²) in [7, 11) is 1.75. The Balaban J connectivity index is 2.69. The van der Waals surface area contributed by atoms with Crippen molar-refractivity contribution in [2.45, 2.75) is 19.4 Å². The molecule has 0 N–H and O–H groups in total. The van der Waals surface area contributed by atoms with E-state index >= 15 is 0 Å². The quantitative estimate of drug-likeness (QED) is 0.476. The van der Waals surface area contributed by atoms with Crippen LogP contribution in [-0.2, 0) is 0 Å². The lowest BCUT2D eigenvalue weighted by atomic mass is 10.2. The summed E-state index contributed by atoms with van der Waals surface area (Å²) in [5.74, 6) is 0.880. The van der Waals surface area contributed by atoms with E-state index in [-0.39, 0.29) is 0 Å². The molecule has 0 aromatic heterocycles. The maximum Gasteiger partial charge on any atom is 0.125 e. The van der Waals surface area contributed by atoms with Gasteiger partial charge in [0.15, 0.2) is 0 Å². The molecule has 0 bridgehead atoms. The Morgan fingerprint density at radius 1 is 1.60 bits per heavy atom. The zero-order chi connectivity index (χ0) is 7.40. The molecule has 0 saturated heterocycles. The normalized spacial score (nSPS) is 29.0. The number of hydrogen-bond acceptors (Lipinski definition) is 2. The molecule has 0 spiro atoms. The van der Waals surface area contributed by atoms with Crippen molar-refractivity contribution in [1.29, 1.82) is 0 Å². The number of hydrogen-bond donors (Lipinski definition) is 0. The minimum absolute atomic E-state index is 0.321. The van der Waals surface area contributed by atoms with E-state index in [9.17, 15) is 0 Å². The van der Waals surface area contributed by atoms with Crippen molar-refractivity contribution in [2.24, 2.45) is 15.0 Å². The van der Waals surface area contributed by atoms with Crippen molar-refractivity contribution in [3.8, 4) is 0 Å². The van der Waals surface area contributed by atoms with Crippen LogP contribution in [0.3, 0.4) is 0 Å². The summed E-state index contributed by atoms with van der Waals surface area (Å²) in [6, 6.07) is 0.321. The van der Waals surface area contributed by atoms with E-state index in [0.29, 0.717) is 6.04 Å². The molecule has 0 saturated carbocycles. The van der Waals surface area contributed by atoms with Crippen molar-refractivity contribution in [1.82, 2.24) is 0 Å². The van der Waals surface area contributed by atoms with E-state index in [2.05, 4.69) is 21.9 Å². The lowest BCUT2D eigenvalue weighted by Crippen LogP contribution is -2.03. The fourth-order valence-corrected chi connectivity index (χ4v) is 0.823. The maximum absolute atomic E-state index is 4.17. The van der Waals surface area contributed by atoms with Crippen LogP contribution in [0.25, 0.3) is 0 Å². The zero-order valence-electron chi connectivity index (χ0n) is 6.28. The predicted molar refractivity (Wildman–Crippen MR) is 44.4 cm³/mol. The summed E-state index contributed by atoms with van der Waals surface area (Å²) in [4.78, 5) is 12.2. The van der Waals surface area contributed by atoms with Gasteiger partial charge in [-0.25, -0.2) is 4.99 Å². The van der Waals surface area contributed by atoms with Crippen LogP contribution in [0.2, 0.25) is 0 Å². The second-order valence-electron chi connectivity index (χ2n) is 2.27. The van der Waals surface area contributed by atoms with Gasteiger partial charge in [0.05, 0.1) is 6.04 Å². The van der Waals surface area contributed by atoms with E-state index in [0.717, 1.165) is 12.3 Å². The Hall–Kier alpha value is -0.990. The number of rotatable bonds is 0. The summed E-state index contributed by atoms with van der Waals surface area (Å²) in [5, 5.41) is 0. The van der Waals surface area contributed by atoms with Crippen molar-refractivity contribution < 1.29 is 0 Å². The second-order valence-corrected chi connectivity index (χ2v) is 2.27. The Morgan fingerprint density at radius 3 is 3.10 bits per heavy atom. The average molecular weight is 137 g/mol. The molecule has 0 radical (unpaired) electrons. The number of amidine groups is 1. The lowest BCUT2D eigenvalue weighted by Gasteiger charge is -2.00. The van der Waals surface area contributed by atoms with Gasteiger partial charge in [-0.2, -0.15) is 0 Å². The summed E-state index contributed by atoms with van der Waals surface area (Å²) < 4.78 is 0. The lowest BCUT2D eigenvalue weighted by molar-refractivity contribution is 0.784. The minimum Gasteiger partial charge on any atom is -0.288 e. The average Bonchev–Trinajstić information content (AvgIpc) is 2.13. The van der Waals surface area contributed by atoms with Crippen molar-refractivity contribution in [3.05, 3.63) is 0 Å². The van der Waals surface area contributed by atoms with E-state index in [1.807, 2.05) is 0 Å². The Kier molecular flexibility index (Phi) is 2.31. The molecule has 1 rings (SSSR count). The molecule has 0 aromatic rings. The van der Waals surface area contributed by atoms with Crippen LogP contribution in [0.4, 0.5) is 0 Å². The molecule has 1 aliphatic rings. The molecule has 1 unspecified atom stereocenters. The van der Waals surface area contributed by atoms with Crippen molar-refractivity contribution in [3.63, 3.8) is 0 Å². The van der Waals surface area contributed by atoms with Crippen molar-refractivity contribution >= 4 is 18.3 Å². The Morgan fingerprint density at radius 2 is 2.40 bits per heavy atom. The van der Waals surface area contributed by atoms with Crippen LogP contribution >= 0.6 is 0 Å². The maximum atomic E-state index is 4.17. The monoisotopic (exact) mass is 137 g/mol. The van der Waals surface area contributed by atoms with Crippen LogP contribution in [0.1, 0.15) is 13.3 Å². The van der Waals surface area contributed by atoms with Gasteiger partial charge in [-0.1, -0.05) is 0 Å². The zero-order valence-corrected chi connectivity index (χ0v) is 6.28. The van der Waals surface area contributed by atoms with Crippen LogP contribution in [-0.4, -0.2) is 31.4 Å². The van der Waals surface area contributed by atoms with E-state index in [4.69, 9.17) is 0 Å². The van der Waals surface area contributed by atoms with Gasteiger partial charge in [0.25, 0.3) is 0 Å². The third-order valence-electron chi connectivity index (χ3n) is 1.37. The molecule has 0 amide bonds. The fourth-order valence-electron chi connectivity index (χ4n) is 0.823. The number of aliphatic imine (C=N–C) groups is 3. The smallest absolute Gasteiger partial charge is 0.125 e. The molecular weight excluding hydrogens is 126 g/mol. The van der Waals surface area contributed by atoms with Crippen molar-refractivity contribution in [2.75, 3.05) is 7.05 Å². The second kappa shape index (κ2) is 3.25. The molecule has 3 nitrogen and oxygen atoms in total. The molecule has 0 aromatic carbocycles.